The van der Waals surface area contributed by atoms with E-state index in [0.717, 1.165) is 6.42 Å². The van der Waals surface area contributed by atoms with Crippen LogP contribution in [0.1, 0.15) is 23.4 Å². The molecule has 1 aromatic rings. The molecule has 1 aliphatic heterocycles. The van der Waals surface area contributed by atoms with E-state index in [1.807, 2.05) is 0 Å². The average Bonchev–Trinajstić information content (AvgIpc) is 2.95. The summed E-state index contributed by atoms with van der Waals surface area (Å²) in [6, 6.07) is 3.09. The Labute approximate surface area is 106 Å². The van der Waals surface area contributed by atoms with E-state index in [2.05, 4.69) is 26.8 Å². The van der Waals surface area contributed by atoms with E-state index in [1.165, 1.54) is 6.07 Å². The fourth-order valence-corrected chi connectivity index (χ4v) is 1.79. The van der Waals surface area contributed by atoms with Crippen LogP contribution in [0.3, 0.4) is 0 Å². The first-order valence-electron chi connectivity index (χ1n) is 5.14. The number of amides is 2. The van der Waals surface area contributed by atoms with Gasteiger partial charge in [-0.25, -0.2) is 0 Å². The zero-order valence-corrected chi connectivity index (χ0v) is 10.5. The summed E-state index contributed by atoms with van der Waals surface area (Å²) in [7, 11) is 0. The van der Waals surface area contributed by atoms with E-state index in [1.54, 1.807) is 6.07 Å². The van der Waals surface area contributed by atoms with E-state index < -0.39 is 12.0 Å². The Hall–Kier alpha value is -1.34. The fraction of sp³-hybridized carbons (Fsp3) is 0.400. The first-order valence-corrected chi connectivity index (χ1v) is 5.93. The quantitative estimate of drug-likeness (QED) is 0.798. The van der Waals surface area contributed by atoms with Crippen molar-refractivity contribution in [3.05, 3.63) is 22.6 Å². The van der Waals surface area contributed by atoms with Gasteiger partial charge in [-0.1, -0.05) is 0 Å². The van der Waals surface area contributed by atoms with Crippen LogP contribution in [0, 0.1) is 0 Å². The van der Waals surface area contributed by atoms with Crippen LogP contribution in [0.25, 0.3) is 0 Å². The van der Waals surface area contributed by atoms with Gasteiger partial charge in [0, 0.05) is 6.61 Å². The van der Waals surface area contributed by atoms with Gasteiger partial charge in [-0.05, 0) is 40.9 Å². The molecule has 1 unspecified atom stereocenters. The first kappa shape index (κ1) is 12.1. The Morgan fingerprint density at radius 3 is 2.76 bits per heavy atom. The third-order valence-corrected chi connectivity index (χ3v) is 2.74. The van der Waals surface area contributed by atoms with Gasteiger partial charge in [0.25, 0.3) is 5.91 Å². The molecule has 0 aliphatic carbocycles. The van der Waals surface area contributed by atoms with Crippen LogP contribution in [0.4, 0.5) is 0 Å². The third-order valence-electron chi connectivity index (χ3n) is 2.32. The van der Waals surface area contributed by atoms with Gasteiger partial charge in [0.05, 0.1) is 0 Å². The summed E-state index contributed by atoms with van der Waals surface area (Å²) in [4.78, 5) is 23.0. The van der Waals surface area contributed by atoms with Gasteiger partial charge in [0.1, 0.15) is 6.10 Å². The Balaban J connectivity index is 1.81. The van der Waals surface area contributed by atoms with Crippen molar-refractivity contribution in [2.75, 3.05) is 6.61 Å². The maximum Gasteiger partial charge on any atom is 0.305 e. The smallest absolute Gasteiger partial charge is 0.305 e. The molecule has 6 nitrogen and oxygen atoms in total. The summed E-state index contributed by atoms with van der Waals surface area (Å²) in [6.07, 6.45) is 1.06. The molecule has 2 heterocycles. The largest absolute Gasteiger partial charge is 0.444 e. The zero-order valence-electron chi connectivity index (χ0n) is 8.86. The molecule has 2 amide bonds. The lowest BCUT2D eigenvalue weighted by molar-refractivity contribution is -0.130. The Morgan fingerprint density at radius 1 is 1.35 bits per heavy atom. The van der Waals surface area contributed by atoms with Crippen LogP contribution in [0.2, 0.25) is 0 Å². The first-order chi connectivity index (χ1) is 8.16. The second-order valence-electron chi connectivity index (χ2n) is 3.55. The van der Waals surface area contributed by atoms with Gasteiger partial charge < -0.3 is 9.15 Å². The maximum absolute atomic E-state index is 11.5. The predicted molar refractivity (Wildman–Crippen MR) is 61.0 cm³/mol. The molecule has 92 valence electrons. The molecule has 1 aromatic heterocycles. The lowest BCUT2D eigenvalue weighted by atomic mass is 10.2. The highest BCUT2D eigenvalue weighted by Gasteiger charge is 2.24. The Kier molecular flexibility index (Phi) is 3.80. The Morgan fingerprint density at radius 2 is 2.18 bits per heavy atom. The molecule has 1 atom stereocenters. The summed E-state index contributed by atoms with van der Waals surface area (Å²) in [5.41, 5.74) is 4.55. The molecule has 0 spiro atoms. The van der Waals surface area contributed by atoms with Crippen molar-refractivity contribution in [2.45, 2.75) is 18.9 Å². The van der Waals surface area contributed by atoms with Gasteiger partial charge in [0.2, 0.25) is 0 Å². The summed E-state index contributed by atoms with van der Waals surface area (Å²) >= 11 is 3.08. The summed E-state index contributed by atoms with van der Waals surface area (Å²) in [5.74, 6) is -0.743. The fourth-order valence-electron chi connectivity index (χ4n) is 1.48. The molecule has 1 aliphatic rings. The molecule has 0 saturated carbocycles. The minimum absolute atomic E-state index is 0.115. The number of hydrogen-bond acceptors (Lipinski definition) is 4. The van der Waals surface area contributed by atoms with Gasteiger partial charge in [-0.15, -0.1) is 0 Å². The average molecular weight is 303 g/mol. The molecule has 1 fully saturated rings. The highest BCUT2D eigenvalue weighted by Crippen LogP contribution is 2.14. The standard InChI is InChI=1S/C10H11BrN2O4/c11-8-4-3-7(17-8)10(15)13-12-9(14)6-2-1-5-16-6/h3-4,6H,1-2,5H2,(H,12,14)(H,13,15). The minimum atomic E-state index is -0.512. The van der Waals surface area contributed by atoms with Gasteiger partial charge >= 0.3 is 5.91 Å². The maximum atomic E-state index is 11.5. The van der Waals surface area contributed by atoms with Crippen LogP contribution in [0.15, 0.2) is 21.2 Å². The number of furan rings is 1. The number of hydrogen-bond donors (Lipinski definition) is 2. The van der Waals surface area contributed by atoms with Crippen molar-refractivity contribution in [1.82, 2.24) is 10.9 Å². The lowest BCUT2D eigenvalue weighted by Gasteiger charge is -2.10. The molecule has 0 bridgehead atoms. The molecule has 2 rings (SSSR count). The third kappa shape index (κ3) is 3.07. The van der Waals surface area contributed by atoms with Gasteiger partial charge in [-0.3, -0.25) is 20.4 Å². The molecule has 1 saturated heterocycles. The summed E-state index contributed by atoms with van der Waals surface area (Å²) in [6.45, 7) is 0.581. The van der Waals surface area contributed by atoms with Crippen LogP contribution in [0.5, 0.6) is 0 Å². The van der Waals surface area contributed by atoms with Crippen molar-refractivity contribution in [3.8, 4) is 0 Å². The number of ether oxygens (including phenoxy) is 1. The topological polar surface area (TPSA) is 80.6 Å². The second-order valence-corrected chi connectivity index (χ2v) is 4.33. The minimum Gasteiger partial charge on any atom is -0.444 e. The van der Waals surface area contributed by atoms with Gasteiger partial charge in [0.15, 0.2) is 10.4 Å². The molecule has 7 heteroatoms. The van der Waals surface area contributed by atoms with Crippen molar-refractivity contribution in [3.63, 3.8) is 0 Å². The molecular formula is C10H11BrN2O4. The Bertz CT molecular complexity index is 426. The number of nitrogens with one attached hydrogen (secondary N) is 2. The highest BCUT2D eigenvalue weighted by atomic mass is 79.9. The number of halogens is 1. The van der Waals surface area contributed by atoms with Crippen LogP contribution in [-0.2, 0) is 9.53 Å². The second kappa shape index (κ2) is 5.33. The van der Waals surface area contributed by atoms with Gasteiger partial charge in [-0.2, -0.15) is 0 Å². The molecule has 0 aromatic carbocycles. The molecule has 17 heavy (non-hydrogen) atoms. The molecule has 2 N–H and O–H groups in total. The van der Waals surface area contributed by atoms with Crippen LogP contribution >= 0.6 is 15.9 Å². The molecule has 0 radical (unpaired) electrons. The van der Waals surface area contributed by atoms with Crippen molar-refractivity contribution >= 4 is 27.7 Å². The summed E-state index contributed by atoms with van der Waals surface area (Å²) in [5, 5.41) is 0. The normalized spacial score (nSPS) is 19.0. The SMILES string of the molecule is O=C(NNC(=O)C1CCCO1)c1ccc(Br)o1. The highest BCUT2D eigenvalue weighted by molar-refractivity contribution is 9.10. The number of hydrazine groups is 1. The number of rotatable bonds is 2. The van der Waals surface area contributed by atoms with E-state index in [-0.39, 0.29) is 11.7 Å². The van der Waals surface area contributed by atoms with E-state index in [4.69, 9.17) is 9.15 Å². The lowest BCUT2D eigenvalue weighted by Crippen LogP contribution is -2.46. The van der Waals surface area contributed by atoms with Crippen molar-refractivity contribution in [1.29, 1.82) is 0 Å². The van der Waals surface area contributed by atoms with E-state index in [0.29, 0.717) is 17.7 Å². The summed E-state index contributed by atoms with van der Waals surface area (Å²) < 4.78 is 10.6. The molecular weight excluding hydrogens is 292 g/mol. The number of carbonyl (C=O) groups is 2. The predicted octanol–water partition coefficient (Wildman–Crippen LogP) is 0.982. The van der Waals surface area contributed by atoms with Crippen LogP contribution < -0.4 is 10.9 Å². The zero-order chi connectivity index (χ0) is 12.3. The van der Waals surface area contributed by atoms with Crippen molar-refractivity contribution in [2.24, 2.45) is 0 Å². The monoisotopic (exact) mass is 302 g/mol. The van der Waals surface area contributed by atoms with Crippen LogP contribution in [-0.4, -0.2) is 24.5 Å². The van der Waals surface area contributed by atoms with Crippen molar-refractivity contribution < 1.29 is 18.7 Å². The number of carbonyl (C=O) groups excluding carboxylic acids is 2. The van der Waals surface area contributed by atoms with E-state index in [9.17, 15) is 9.59 Å². The van der Waals surface area contributed by atoms with E-state index >= 15 is 0 Å².